The van der Waals surface area contributed by atoms with Crippen molar-refractivity contribution in [3.63, 3.8) is 0 Å². The molecule has 0 saturated carbocycles. The lowest BCUT2D eigenvalue weighted by Crippen LogP contribution is -2.09. The maximum absolute atomic E-state index is 12.5. The van der Waals surface area contributed by atoms with Crippen LogP contribution in [0.2, 0.25) is 0 Å². The van der Waals surface area contributed by atoms with Gasteiger partial charge in [-0.15, -0.1) is 20.4 Å². The molecule has 5 rings (SSSR count). The number of nitrogens with zero attached hydrogens (tertiary/aromatic N) is 9. The van der Waals surface area contributed by atoms with Gasteiger partial charge in [-0.3, -0.25) is 10.1 Å². The summed E-state index contributed by atoms with van der Waals surface area (Å²) in [6.07, 6.45) is 0.177. The van der Waals surface area contributed by atoms with Gasteiger partial charge in [-0.05, 0) is 51.9 Å². The first-order chi connectivity index (χ1) is 18.4. The van der Waals surface area contributed by atoms with Crippen LogP contribution in [0, 0.1) is 10.1 Å². The average molecular weight is 515 g/mol. The number of nitrogen functional groups attached to an aromatic ring is 1. The lowest BCUT2D eigenvalue weighted by Gasteiger charge is -2.09. The molecule has 2 N–H and O–H groups in total. The average Bonchev–Trinajstić information content (AvgIpc) is 3.54. The van der Waals surface area contributed by atoms with Crippen LogP contribution in [0.3, 0.4) is 0 Å². The normalized spacial score (nSPS) is 11.1. The van der Waals surface area contributed by atoms with E-state index in [0.717, 1.165) is 16.3 Å². The van der Waals surface area contributed by atoms with E-state index in [1.54, 1.807) is 13.0 Å². The fraction of sp³-hybridized carbons (Fsp3) is 0.208. The fourth-order valence-electron chi connectivity index (χ4n) is 3.97. The Hall–Kier alpha value is -5.27. The van der Waals surface area contributed by atoms with Crippen LogP contribution < -0.4 is 5.73 Å². The van der Waals surface area contributed by atoms with Crippen LogP contribution in [0.25, 0.3) is 10.8 Å². The number of non-ortho nitro benzene ring substituents is 1. The van der Waals surface area contributed by atoms with Crippen molar-refractivity contribution in [1.29, 1.82) is 0 Å². The highest BCUT2D eigenvalue weighted by molar-refractivity contribution is 6.04. The molecule has 0 aliphatic heterocycles. The molecule has 0 saturated heterocycles. The van der Waals surface area contributed by atoms with E-state index in [0.29, 0.717) is 28.5 Å². The lowest BCUT2D eigenvalue weighted by atomic mass is 10.0. The zero-order chi connectivity index (χ0) is 26.6. The Morgan fingerprint density at radius 1 is 1.00 bits per heavy atom. The second-order valence-corrected chi connectivity index (χ2v) is 8.37. The molecule has 0 unspecified atom stereocenters. The van der Waals surface area contributed by atoms with Gasteiger partial charge < -0.3 is 10.5 Å². The van der Waals surface area contributed by atoms with Crippen molar-refractivity contribution in [3.05, 3.63) is 93.1 Å². The number of hydrogen-bond acceptors (Lipinski definition) is 11. The van der Waals surface area contributed by atoms with Crippen LogP contribution in [0.15, 0.2) is 54.6 Å². The SMILES string of the molecule is CCOC(=O)c1cc(Cn2nnc(Cc3nnn(Cc4cc([N+](=O)[O-])ccc4N)n3)n2)cc2ccccc12. The zero-order valence-electron chi connectivity index (χ0n) is 20.3. The van der Waals surface area contributed by atoms with Crippen LogP contribution in [0.5, 0.6) is 0 Å². The highest BCUT2D eigenvalue weighted by atomic mass is 16.6. The molecule has 14 heteroatoms. The van der Waals surface area contributed by atoms with Crippen LogP contribution in [0.4, 0.5) is 11.4 Å². The third kappa shape index (κ3) is 5.28. The first-order valence-corrected chi connectivity index (χ1v) is 11.6. The number of tetrazole rings is 2. The lowest BCUT2D eigenvalue weighted by molar-refractivity contribution is -0.384. The Kier molecular flexibility index (Phi) is 6.67. The molecule has 0 spiro atoms. The van der Waals surface area contributed by atoms with Crippen LogP contribution in [-0.2, 0) is 24.2 Å². The molecule has 2 aromatic heterocycles. The van der Waals surface area contributed by atoms with Gasteiger partial charge in [0, 0.05) is 23.4 Å². The molecule has 0 radical (unpaired) electrons. The first kappa shape index (κ1) is 24.4. The third-order valence-corrected chi connectivity index (χ3v) is 5.69. The number of esters is 1. The molecule has 0 amide bonds. The molecule has 14 nitrogen and oxygen atoms in total. The topological polar surface area (TPSA) is 183 Å². The third-order valence-electron chi connectivity index (χ3n) is 5.69. The molecule has 0 atom stereocenters. The fourth-order valence-corrected chi connectivity index (χ4v) is 3.97. The number of nitrogens with two attached hydrogens (primary N) is 1. The van der Waals surface area contributed by atoms with Gasteiger partial charge in [0.25, 0.3) is 5.69 Å². The van der Waals surface area contributed by atoms with Crippen molar-refractivity contribution in [2.45, 2.75) is 26.4 Å². The number of ether oxygens (including phenoxy) is 1. The zero-order valence-corrected chi connectivity index (χ0v) is 20.3. The van der Waals surface area contributed by atoms with Crippen molar-refractivity contribution in [3.8, 4) is 0 Å². The molecule has 38 heavy (non-hydrogen) atoms. The predicted molar refractivity (Wildman–Crippen MR) is 134 cm³/mol. The summed E-state index contributed by atoms with van der Waals surface area (Å²) in [7, 11) is 0. The number of aromatic nitrogens is 8. The predicted octanol–water partition coefficient (Wildman–Crippen LogP) is 2.17. The second kappa shape index (κ2) is 10.4. The van der Waals surface area contributed by atoms with Crippen molar-refractivity contribution in [1.82, 2.24) is 40.4 Å². The minimum Gasteiger partial charge on any atom is -0.462 e. The van der Waals surface area contributed by atoms with E-state index < -0.39 is 4.92 Å². The number of benzene rings is 3. The minimum absolute atomic E-state index is 0.0730. The van der Waals surface area contributed by atoms with Crippen molar-refractivity contribution in [2.24, 2.45) is 0 Å². The summed E-state index contributed by atoms with van der Waals surface area (Å²) in [6.45, 7) is 2.45. The van der Waals surface area contributed by atoms with Gasteiger partial charge in [0.2, 0.25) is 0 Å². The summed E-state index contributed by atoms with van der Waals surface area (Å²) >= 11 is 0. The van der Waals surface area contributed by atoms with Crippen LogP contribution >= 0.6 is 0 Å². The number of rotatable bonds is 9. The summed E-state index contributed by atoms with van der Waals surface area (Å²) in [4.78, 5) is 25.8. The molecule has 0 aliphatic carbocycles. The molecule has 3 aromatic carbocycles. The van der Waals surface area contributed by atoms with E-state index in [2.05, 4.69) is 30.8 Å². The molecule has 2 heterocycles. The van der Waals surface area contributed by atoms with Gasteiger partial charge in [0.05, 0.1) is 36.6 Å². The monoisotopic (exact) mass is 514 g/mol. The first-order valence-electron chi connectivity index (χ1n) is 11.6. The van der Waals surface area contributed by atoms with Gasteiger partial charge in [0.15, 0.2) is 11.6 Å². The number of anilines is 1. The molecule has 0 bridgehead atoms. The van der Waals surface area contributed by atoms with Gasteiger partial charge in [-0.25, -0.2) is 4.79 Å². The van der Waals surface area contributed by atoms with Gasteiger partial charge in [-0.1, -0.05) is 24.3 Å². The van der Waals surface area contributed by atoms with Crippen LogP contribution in [0.1, 0.15) is 40.1 Å². The molecule has 5 aromatic rings. The molecule has 0 aliphatic rings. The molecule has 192 valence electrons. The number of carbonyl (C=O) groups excluding carboxylic acids is 1. The van der Waals surface area contributed by atoms with Crippen LogP contribution in [-0.4, -0.2) is 57.9 Å². The Balaban J connectivity index is 1.30. The van der Waals surface area contributed by atoms with E-state index in [1.807, 2.05) is 30.3 Å². The number of hydrogen-bond donors (Lipinski definition) is 1. The van der Waals surface area contributed by atoms with Crippen molar-refractivity contribution >= 4 is 28.1 Å². The second-order valence-electron chi connectivity index (χ2n) is 8.37. The molecular weight excluding hydrogens is 492 g/mol. The highest BCUT2D eigenvalue weighted by Gasteiger charge is 2.15. The summed E-state index contributed by atoms with van der Waals surface area (Å²) < 4.78 is 5.23. The Bertz CT molecular complexity index is 1640. The van der Waals surface area contributed by atoms with Crippen molar-refractivity contribution in [2.75, 3.05) is 12.3 Å². The summed E-state index contributed by atoms with van der Waals surface area (Å²) in [6, 6.07) is 15.5. The Morgan fingerprint density at radius 3 is 2.42 bits per heavy atom. The van der Waals surface area contributed by atoms with E-state index >= 15 is 0 Å². The molecule has 0 fully saturated rings. The highest BCUT2D eigenvalue weighted by Crippen LogP contribution is 2.23. The minimum atomic E-state index is -0.492. The standard InChI is InChI=1S/C24H22N10O4/c1-2-38-24(35)20-10-15(9-16-5-3-4-6-19(16)20)13-32-28-22(26-30-32)12-23-27-31-33(29-23)14-17-11-18(34(36)37)7-8-21(17)25/h3-11H,2,12-14,25H2,1H3. The number of nitro benzene ring substituents is 1. The number of carbonyl (C=O) groups is 1. The number of fused-ring (bicyclic) bond motifs is 1. The van der Waals surface area contributed by atoms with Gasteiger partial charge >= 0.3 is 5.97 Å². The maximum Gasteiger partial charge on any atom is 0.338 e. The van der Waals surface area contributed by atoms with E-state index in [-0.39, 0.29) is 37.8 Å². The van der Waals surface area contributed by atoms with Gasteiger partial charge in [-0.2, -0.15) is 9.59 Å². The Labute approximate surface area is 215 Å². The molecular formula is C24H22N10O4. The summed E-state index contributed by atoms with van der Waals surface area (Å²) in [5, 5.41) is 37.6. The largest absolute Gasteiger partial charge is 0.462 e. The quantitative estimate of drug-likeness (QED) is 0.132. The summed E-state index contributed by atoms with van der Waals surface area (Å²) in [5.74, 6) is 0.341. The van der Waals surface area contributed by atoms with E-state index in [4.69, 9.17) is 10.5 Å². The number of nitro groups is 1. The summed E-state index contributed by atoms with van der Waals surface area (Å²) in [5.41, 5.74) is 8.05. The van der Waals surface area contributed by atoms with Gasteiger partial charge in [0.1, 0.15) is 0 Å². The van der Waals surface area contributed by atoms with Crippen molar-refractivity contribution < 1.29 is 14.5 Å². The van der Waals surface area contributed by atoms with E-state index in [1.165, 1.54) is 27.8 Å². The van der Waals surface area contributed by atoms with E-state index in [9.17, 15) is 14.9 Å². The smallest absolute Gasteiger partial charge is 0.338 e. The Morgan fingerprint density at radius 2 is 1.71 bits per heavy atom. The maximum atomic E-state index is 12.5.